The van der Waals surface area contributed by atoms with Crippen molar-refractivity contribution in [3.8, 4) is 11.5 Å². The molecule has 2 amide bonds. The largest absolute Gasteiger partial charge is 0.454 e. The molecule has 11 heteroatoms. The van der Waals surface area contributed by atoms with Gasteiger partial charge in [-0.1, -0.05) is 17.3 Å². The third-order valence-electron chi connectivity index (χ3n) is 5.74. The lowest BCUT2D eigenvalue weighted by molar-refractivity contribution is -0.127. The highest BCUT2D eigenvalue weighted by molar-refractivity contribution is 6.01. The number of anilines is 1. The number of nitrogens with one attached hydrogen (secondary N) is 1. The zero-order chi connectivity index (χ0) is 24.9. The highest BCUT2D eigenvalue weighted by atomic mass is 16.7. The highest BCUT2D eigenvalue weighted by Gasteiger charge is 2.34. The molecule has 0 fully saturated rings. The molecule has 11 nitrogen and oxygen atoms in total. The van der Waals surface area contributed by atoms with E-state index < -0.39 is 6.04 Å². The van der Waals surface area contributed by atoms with Crippen LogP contribution in [0.5, 0.6) is 11.5 Å². The second-order valence-electron chi connectivity index (χ2n) is 8.00. The molecule has 0 aliphatic carbocycles. The third kappa shape index (κ3) is 4.68. The summed E-state index contributed by atoms with van der Waals surface area (Å²) in [5.41, 5.74) is 2.44. The molecule has 184 valence electrons. The molecule has 0 saturated heterocycles. The van der Waals surface area contributed by atoms with Gasteiger partial charge in [0.15, 0.2) is 11.5 Å². The molecular formula is C25H24N6O5. The number of hydrogen-bond donors (Lipinski definition) is 1. The number of nitrogens with zero attached hydrogens (tertiary/aromatic N) is 5. The minimum absolute atomic E-state index is 0.0863. The Balaban J connectivity index is 1.57. The molecule has 0 saturated carbocycles. The van der Waals surface area contributed by atoms with Gasteiger partial charge in [-0.2, -0.15) is 0 Å². The lowest BCUT2D eigenvalue weighted by Gasteiger charge is -2.31. The third-order valence-corrected chi connectivity index (χ3v) is 5.74. The summed E-state index contributed by atoms with van der Waals surface area (Å²) in [6.07, 6.45) is 3.16. The van der Waals surface area contributed by atoms with Crippen molar-refractivity contribution in [2.75, 3.05) is 32.0 Å². The minimum Gasteiger partial charge on any atom is -0.454 e. The van der Waals surface area contributed by atoms with Gasteiger partial charge in [-0.3, -0.25) is 19.5 Å². The molecule has 1 atom stereocenters. The number of ether oxygens (including phenoxy) is 3. The van der Waals surface area contributed by atoms with Crippen LogP contribution >= 0.6 is 0 Å². The zero-order valence-corrected chi connectivity index (χ0v) is 19.5. The van der Waals surface area contributed by atoms with Gasteiger partial charge in [0.1, 0.15) is 18.1 Å². The SMILES string of the molecule is COCCNC(=O)[C@@H](c1ccncc1)N(C(=O)Cn1nnc2ccccc21)c1ccc2c(c1)OCO2. The van der Waals surface area contributed by atoms with Crippen molar-refractivity contribution in [1.82, 2.24) is 25.3 Å². The number of carbonyl (C=O) groups excluding carboxylic acids is 2. The molecule has 0 unspecified atom stereocenters. The Morgan fingerprint density at radius 1 is 1.11 bits per heavy atom. The molecule has 0 bridgehead atoms. The molecule has 1 N–H and O–H groups in total. The van der Waals surface area contributed by atoms with Gasteiger partial charge >= 0.3 is 0 Å². The van der Waals surface area contributed by atoms with Gasteiger partial charge in [0.2, 0.25) is 18.6 Å². The Kier molecular flexibility index (Phi) is 6.72. The van der Waals surface area contributed by atoms with E-state index >= 15 is 0 Å². The Bertz CT molecular complexity index is 1380. The van der Waals surface area contributed by atoms with Crippen molar-refractivity contribution in [3.05, 3.63) is 72.6 Å². The average Bonchev–Trinajstić information content (AvgIpc) is 3.54. The number of aromatic nitrogens is 4. The van der Waals surface area contributed by atoms with Crippen LogP contribution in [0, 0.1) is 0 Å². The number of hydrogen-bond acceptors (Lipinski definition) is 8. The number of fused-ring (bicyclic) bond motifs is 2. The van der Waals surface area contributed by atoms with Gasteiger partial charge in [-0.25, -0.2) is 4.68 Å². The van der Waals surface area contributed by atoms with E-state index in [9.17, 15) is 9.59 Å². The second-order valence-corrected chi connectivity index (χ2v) is 8.00. The fourth-order valence-corrected chi connectivity index (χ4v) is 4.05. The summed E-state index contributed by atoms with van der Waals surface area (Å²) in [6.45, 7) is 0.566. The smallest absolute Gasteiger partial charge is 0.249 e. The maximum Gasteiger partial charge on any atom is 0.249 e. The Morgan fingerprint density at radius 3 is 2.75 bits per heavy atom. The monoisotopic (exact) mass is 488 g/mol. The van der Waals surface area contributed by atoms with Crippen molar-refractivity contribution in [3.63, 3.8) is 0 Å². The van der Waals surface area contributed by atoms with Gasteiger partial charge in [0, 0.05) is 37.8 Å². The van der Waals surface area contributed by atoms with Crippen molar-refractivity contribution in [2.24, 2.45) is 0 Å². The van der Waals surface area contributed by atoms with Crippen LogP contribution in [0.1, 0.15) is 11.6 Å². The molecular weight excluding hydrogens is 464 g/mol. The van der Waals surface area contributed by atoms with Crippen molar-refractivity contribution >= 4 is 28.5 Å². The average molecular weight is 489 g/mol. The molecule has 36 heavy (non-hydrogen) atoms. The van der Waals surface area contributed by atoms with Crippen LogP contribution in [0.4, 0.5) is 5.69 Å². The number of methoxy groups -OCH3 is 1. The Hall–Kier alpha value is -4.51. The summed E-state index contributed by atoms with van der Waals surface area (Å²) in [5, 5.41) is 11.2. The topological polar surface area (TPSA) is 121 Å². The van der Waals surface area contributed by atoms with E-state index in [0.29, 0.717) is 40.4 Å². The Morgan fingerprint density at radius 2 is 1.92 bits per heavy atom. The fourth-order valence-electron chi connectivity index (χ4n) is 4.05. The number of pyridine rings is 1. The fraction of sp³-hybridized carbons (Fsp3) is 0.240. The molecule has 0 radical (unpaired) electrons. The normalized spacial score (nSPS) is 12.9. The standard InChI is InChI=1S/C25H24N6O5/c1-34-13-12-27-25(33)24(17-8-10-26-11-9-17)31(18-6-7-21-22(14-18)36-16-35-21)23(32)15-30-20-5-3-2-4-19(20)28-29-30/h2-11,14,24H,12-13,15-16H2,1H3,(H,27,33)/t24-/m1/s1. The van der Waals surface area contributed by atoms with E-state index in [1.165, 1.54) is 9.58 Å². The minimum atomic E-state index is -0.993. The zero-order valence-electron chi connectivity index (χ0n) is 19.5. The number of benzene rings is 2. The van der Waals surface area contributed by atoms with E-state index in [1.54, 1.807) is 49.8 Å². The van der Waals surface area contributed by atoms with E-state index in [-0.39, 0.29) is 31.7 Å². The summed E-state index contributed by atoms with van der Waals surface area (Å²) in [6, 6.07) is 14.9. The van der Waals surface area contributed by atoms with Crippen LogP contribution in [0.25, 0.3) is 11.0 Å². The first-order valence-electron chi connectivity index (χ1n) is 11.3. The van der Waals surface area contributed by atoms with Gasteiger partial charge in [-0.15, -0.1) is 5.10 Å². The highest BCUT2D eigenvalue weighted by Crippen LogP contribution is 2.38. The van der Waals surface area contributed by atoms with E-state index in [1.807, 2.05) is 24.3 Å². The van der Waals surface area contributed by atoms with Crippen molar-refractivity contribution < 1.29 is 23.8 Å². The molecule has 3 heterocycles. The molecule has 1 aliphatic rings. The predicted molar refractivity (Wildman–Crippen MR) is 129 cm³/mol. The summed E-state index contributed by atoms with van der Waals surface area (Å²) in [7, 11) is 1.55. The second kappa shape index (κ2) is 10.4. The van der Waals surface area contributed by atoms with E-state index in [4.69, 9.17) is 14.2 Å². The van der Waals surface area contributed by atoms with Crippen LogP contribution < -0.4 is 19.7 Å². The molecule has 1 aliphatic heterocycles. The van der Waals surface area contributed by atoms with Crippen molar-refractivity contribution in [2.45, 2.75) is 12.6 Å². The van der Waals surface area contributed by atoms with Gasteiger partial charge in [0.25, 0.3) is 0 Å². The first-order chi connectivity index (χ1) is 17.7. The summed E-state index contributed by atoms with van der Waals surface area (Å²) in [5.74, 6) is 0.323. The van der Waals surface area contributed by atoms with Crippen molar-refractivity contribution in [1.29, 1.82) is 0 Å². The predicted octanol–water partition coefficient (Wildman–Crippen LogP) is 2.09. The van der Waals surface area contributed by atoms with E-state index in [0.717, 1.165) is 0 Å². The van der Waals surface area contributed by atoms with Crippen LogP contribution in [-0.2, 0) is 20.9 Å². The maximum absolute atomic E-state index is 13.9. The molecule has 5 rings (SSSR count). The quantitative estimate of drug-likeness (QED) is 0.356. The summed E-state index contributed by atoms with van der Waals surface area (Å²) in [4.78, 5) is 33.0. The summed E-state index contributed by atoms with van der Waals surface area (Å²) >= 11 is 0. The van der Waals surface area contributed by atoms with Gasteiger partial charge in [-0.05, 0) is 42.0 Å². The lowest BCUT2D eigenvalue weighted by atomic mass is 10.0. The maximum atomic E-state index is 13.9. The number of carbonyl (C=O) groups is 2. The van der Waals surface area contributed by atoms with Gasteiger partial charge < -0.3 is 19.5 Å². The van der Waals surface area contributed by atoms with Crippen LogP contribution in [0.3, 0.4) is 0 Å². The van der Waals surface area contributed by atoms with Crippen LogP contribution in [0.15, 0.2) is 67.0 Å². The molecule has 2 aromatic carbocycles. The number of para-hydroxylation sites is 1. The van der Waals surface area contributed by atoms with Gasteiger partial charge in [0.05, 0.1) is 12.1 Å². The molecule has 4 aromatic rings. The van der Waals surface area contributed by atoms with Crippen LogP contribution in [-0.4, -0.2) is 58.8 Å². The van der Waals surface area contributed by atoms with Crippen LogP contribution in [0.2, 0.25) is 0 Å². The molecule has 0 spiro atoms. The first-order valence-corrected chi connectivity index (χ1v) is 11.3. The lowest BCUT2D eigenvalue weighted by Crippen LogP contribution is -2.46. The Labute approximate surface area is 206 Å². The van der Waals surface area contributed by atoms with E-state index in [2.05, 4.69) is 20.6 Å². The molecule has 2 aromatic heterocycles. The number of rotatable bonds is 9. The summed E-state index contributed by atoms with van der Waals surface area (Å²) < 4.78 is 17.6. The number of amides is 2. The first kappa shape index (κ1) is 23.2.